The molecule has 0 saturated heterocycles. The van der Waals surface area contributed by atoms with Crippen LogP contribution in [0, 0.1) is 0 Å². The van der Waals surface area contributed by atoms with Crippen LogP contribution in [0.3, 0.4) is 0 Å². The van der Waals surface area contributed by atoms with Crippen molar-refractivity contribution < 1.29 is 4.79 Å². The van der Waals surface area contributed by atoms with E-state index in [-0.39, 0.29) is 5.78 Å². The smallest absolute Gasteiger partial charge is 0.195 e. The van der Waals surface area contributed by atoms with Crippen LogP contribution in [-0.2, 0) is 0 Å². The highest BCUT2D eigenvalue weighted by atomic mass is 32.1. The number of ketones is 1. The molecule has 1 heterocycles. The Morgan fingerprint density at radius 2 is 1.87 bits per heavy atom. The molecule has 0 saturated carbocycles. The van der Waals surface area contributed by atoms with Gasteiger partial charge in [0, 0.05) is 4.88 Å². The maximum atomic E-state index is 11.4. The Bertz CT molecular complexity index is 482. The van der Waals surface area contributed by atoms with E-state index < -0.39 is 0 Å². The minimum Gasteiger partial charge on any atom is -0.288 e. The lowest BCUT2D eigenvalue weighted by Crippen LogP contribution is -1.86. The van der Waals surface area contributed by atoms with Crippen molar-refractivity contribution in [1.29, 1.82) is 0 Å². The number of thiophene rings is 1. The standard InChI is InChI=1S/C13H10OS/c1-2-11(14)13-9-8-12(15-13)10-6-4-3-5-7-10/h2-9H,1H2. The van der Waals surface area contributed by atoms with Crippen LogP contribution in [0.5, 0.6) is 0 Å². The molecular weight excluding hydrogens is 204 g/mol. The number of hydrogen-bond donors (Lipinski definition) is 0. The Morgan fingerprint density at radius 3 is 2.53 bits per heavy atom. The Labute approximate surface area is 92.7 Å². The second-order valence-corrected chi connectivity index (χ2v) is 4.18. The summed E-state index contributed by atoms with van der Waals surface area (Å²) in [5.41, 5.74) is 1.14. The summed E-state index contributed by atoms with van der Waals surface area (Å²) in [6, 6.07) is 13.8. The van der Waals surface area contributed by atoms with Crippen molar-refractivity contribution in [1.82, 2.24) is 0 Å². The topological polar surface area (TPSA) is 17.1 Å². The lowest BCUT2D eigenvalue weighted by Gasteiger charge is -1.94. The molecule has 0 radical (unpaired) electrons. The van der Waals surface area contributed by atoms with Crippen molar-refractivity contribution in [2.75, 3.05) is 0 Å². The Hall–Kier alpha value is -1.67. The Balaban J connectivity index is 2.36. The van der Waals surface area contributed by atoms with E-state index in [2.05, 4.69) is 6.58 Å². The third-order valence-electron chi connectivity index (χ3n) is 2.09. The number of rotatable bonds is 3. The summed E-state index contributed by atoms with van der Waals surface area (Å²) in [6.07, 6.45) is 1.35. The van der Waals surface area contributed by atoms with Gasteiger partial charge in [-0.05, 0) is 23.8 Å². The van der Waals surface area contributed by atoms with E-state index in [1.165, 1.54) is 17.4 Å². The van der Waals surface area contributed by atoms with E-state index in [9.17, 15) is 4.79 Å². The molecule has 2 heteroatoms. The number of carbonyl (C=O) groups is 1. The number of carbonyl (C=O) groups excluding carboxylic acids is 1. The van der Waals surface area contributed by atoms with Gasteiger partial charge in [-0.1, -0.05) is 36.9 Å². The molecule has 0 unspecified atom stereocenters. The zero-order chi connectivity index (χ0) is 10.7. The molecule has 2 rings (SSSR count). The first-order chi connectivity index (χ1) is 7.31. The van der Waals surface area contributed by atoms with Gasteiger partial charge in [0.25, 0.3) is 0 Å². The van der Waals surface area contributed by atoms with E-state index in [1.54, 1.807) is 0 Å². The largest absolute Gasteiger partial charge is 0.288 e. The Kier molecular flexibility index (Phi) is 2.79. The molecule has 1 aromatic carbocycles. The molecule has 2 aromatic rings. The van der Waals surface area contributed by atoms with Gasteiger partial charge in [-0.2, -0.15) is 0 Å². The maximum absolute atomic E-state index is 11.4. The normalized spacial score (nSPS) is 9.87. The van der Waals surface area contributed by atoms with E-state index >= 15 is 0 Å². The minimum absolute atomic E-state index is 0.0119. The monoisotopic (exact) mass is 214 g/mol. The Morgan fingerprint density at radius 1 is 1.13 bits per heavy atom. The highest BCUT2D eigenvalue weighted by molar-refractivity contribution is 7.17. The summed E-state index contributed by atoms with van der Waals surface area (Å²) in [5.74, 6) is -0.0119. The van der Waals surface area contributed by atoms with Crippen molar-refractivity contribution in [2.45, 2.75) is 0 Å². The average Bonchev–Trinajstić information content (AvgIpc) is 2.78. The molecule has 0 N–H and O–H groups in total. The second-order valence-electron chi connectivity index (χ2n) is 3.10. The van der Waals surface area contributed by atoms with Crippen molar-refractivity contribution in [3.63, 3.8) is 0 Å². The summed E-state index contributed by atoms with van der Waals surface area (Å²) in [5, 5.41) is 0. The van der Waals surface area contributed by atoms with Crippen molar-refractivity contribution in [3.8, 4) is 10.4 Å². The van der Waals surface area contributed by atoms with Gasteiger partial charge in [0.05, 0.1) is 4.88 Å². The third kappa shape index (κ3) is 2.05. The van der Waals surface area contributed by atoms with Crippen molar-refractivity contribution >= 4 is 17.1 Å². The highest BCUT2D eigenvalue weighted by Crippen LogP contribution is 2.28. The zero-order valence-corrected chi connectivity index (χ0v) is 8.96. The van der Waals surface area contributed by atoms with Crippen LogP contribution >= 0.6 is 11.3 Å². The van der Waals surface area contributed by atoms with Gasteiger partial charge in [0.2, 0.25) is 0 Å². The zero-order valence-electron chi connectivity index (χ0n) is 8.14. The summed E-state index contributed by atoms with van der Waals surface area (Å²) in [7, 11) is 0. The van der Waals surface area contributed by atoms with E-state index in [4.69, 9.17) is 0 Å². The molecule has 1 nitrogen and oxygen atoms in total. The second kappa shape index (κ2) is 4.24. The molecule has 0 aliphatic heterocycles. The van der Waals surface area contributed by atoms with Crippen molar-refractivity contribution in [3.05, 3.63) is 60.0 Å². The minimum atomic E-state index is -0.0119. The lowest BCUT2D eigenvalue weighted by molar-refractivity contribution is 0.105. The molecular formula is C13H10OS. The summed E-state index contributed by atoms with van der Waals surface area (Å²) >= 11 is 1.50. The third-order valence-corrected chi connectivity index (χ3v) is 3.24. The molecule has 0 bridgehead atoms. The van der Waals surface area contributed by atoms with Crippen LogP contribution in [0.2, 0.25) is 0 Å². The number of benzene rings is 1. The lowest BCUT2D eigenvalue weighted by atomic mass is 10.2. The fourth-order valence-electron chi connectivity index (χ4n) is 1.33. The van der Waals surface area contributed by atoms with Gasteiger partial charge >= 0.3 is 0 Å². The fraction of sp³-hybridized carbons (Fsp3) is 0. The fourth-order valence-corrected chi connectivity index (χ4v) is 2.28. The number of allylic oxidation sites excluding steroid dienone is 1. The first kappa shape index (κ1) is 9.87. The van der Waals surface area contributed by atoms with Gasteiger partial charge < -0.3 is 0 Å². The van der Waals surface area contributed by atoms with Gasteiger partial charge in [-0.25, -0.2) is 0 Å². The predicted octanol–water partition coefficient (Wildman–Crippen LogP) is 3.78. The van der Waals surface area contributed by atoms with E-state index in [1.807, 2.05) is 42.5 Å². The first-order valence-electron chi connectivity index (χ1n) is 4.63. The molecule has 74 valence electrons. The van der Waals surface area contributed by atoms with E-state index in [0.29, 0.717) is 0 Å². The summed E-state index contributed by atoms with van der Waals surface area (Å²) in [6.45, 7) is 3.48. The molecule has 0 spiro atoms. The number of hydrogen-bond acceptors (Lipinski definition) is 2. The molecule has 0 amide bonds. The van der Waals surface area contributed by atoms with Crippen molar-refractivity contribution in [2.24, 2.45) is 0 Å². The SMILES string of the molecule is C=CC(=O)c1ccc(-c2ccccc2)s1. The highest BCUT2D eigenvalue weighted by Gasteiger charge is 2.06. The summed E-state index contributed by atoms with van der Waals surface area (Å²) < 4.78 is 0. The van der Waals surface area contributed by atoms with Crippen LogP contribution in [0.15, 0.2) is 55.1 Å². The molecule has 0 atom stereocenters. The van der Waals surface area contributed by atoms with Crippen LogP contribution in [0.4, 0.5) is 0 Å². The van der Waals surface area contributed by atoms with Gasteiger partial charge in [-0.15, -0.1) is 11.3 Å². The summed E-state index contributed by atoms with van der Waals surface area (Å²) in [4.78, 5) is 13.2. The molecule has 15 heavy (non-hydrogen) atoms. The van der Waals surface area contributed by atoms with Crippen LogP contribution in [0.1, 0.15) is 9.67 Å². The average molecular weight is 214 g/mol. The van der Waals surface area contributed by atoms with E-state index in [0.717, 1.165) is 15.3 Å². The molecule has 0 aliphatic carbocycles. The van der Waals surface area contributed by atoms with Gasteiger partial charge in [0.1, 0.15) is 0 Å². The molecule has 0 fully saturated rings. The first-order valence-corrected chi connectivity index (χ1v) is 5.45. The van der Waals surface area contributed by atoms with Crippen LogP contribution < -0.4 is 0 Å². The van der Waals surface area contributed by atoms with Gasteiger partial charge in [0.15, 0.2) is 5.78 Å². The van der Waals surface area contributed by atoms with Gasteiger partial charge in [-0.3, -0.25) is 4.79 Å². The predicted molar refractivity (Wildman–Crippen MR) is 64.3 cm³/mol. The molecule has 1 aromatic heterocycles. The van der Waals surface area contributed by atoms with Crippen LogP contribution in [0.25, 0.3) is 10.4 Å². The maximum Gasteiger partial charge on any atom is 0.195 e. The quantitative estimate of drug-likeness (QED) is 0.561. The van der Waals surface area contributed by atoms with Crippen LogP contribution in [-0.4, -0.2) is 5.78 Å². The molecule has 0 aliphatic rings.